The van der Waals surface area contributed by atoms with Gasteiger partial charge in [0.1, 0.15) is 11.8 Å². The van der Waals surface area contributed by atoms with Crippen LogP contribution in [0.1, 0.15) is 51.2 Å². The van der Waals surface area contributed by atoms with Crippen LogP contribution in [0.5, 0.6) is 5.75 Å². The monoisotopic (exact) mass is 424 g/mol. The summed E-state index contributed by atoms with van der Waals surface area (Å²) in [6.45, 7) is 9.59. The van der Waals surface area contributed by atoms with E-state index in [2.05, 4.69) is 19.2 Å². The molecule has 0 radical (unpaired) electrons. The fraction of sp³-hybridized carbons (Fsp3) is 0.462. The lowest BCUT2D eigenvalue weighted by Crippen LogP contribution is -2.49. The van der Waals surface area contributed by atoms with Gasteiger partial charge in [0.05, 0.1) is 6.61 Å². The molecular weight excluding hydrogens is 388 g/mol. The maximum Gasteiger partial charge on any atom is 0.242 e. The molecule has 2 amide bonds. The van der Waals surface area contributed by atoms with E-state index in [0.29, 0.717) is 44.9 Å². The second-order valence-corrected chi connectivity index (χ2v) is 8.34. The molecule has 0 heterocycles. The molecular formula is C26H36N2O3. The number of benzene rings is 2. The number of carbonyl (C=O) groups excluding carboxylic acids is 2. The molecule has 0 aliphatic carbocycles. The average molecular weight is 425 g/mol. The molecule has 0 unspecified atom stereocenters. The number of rotatable bonds is 12. The van der Waals surface area contributed by atoms with Crippen molar-refractivity contribution in [3.8, 4) is 5.75 Å². The van der Waals surface area contributed by atoms with E-state index in [1.165, 1.54) is 5.56 Å². The molecule has 0 bridgehead atoms. The van der Waals surface area contributed by atoms with Crippen LogP contribution in [0.2, 0.25) is 0 Å². The van der Waals surface area contributed by atoms with Gasteiger partial charge in [0, 0.05) is 19.5 Å². The van der Waals surface area contributed by atoms with E-state index in [0.717, 1.165) is 11.3 Å². The van der Waals surface area contributed by atoms with Crippen molar-refractivity contribution >= 4 is 11.8 Å². The average Bonchev–Trinajstić information content (AvgIpc) is 2.77. The lowest BCUT2D eigenvalue weighted by molar-refractivity contribution is -0.141. The molecule has 0 fully saturated rings. The normalized spacial score (nSPS) is 11.8. The van der Waals surface area contributed by atoms with Crippen LogP contribution in [0.25, 0.3) is 0 Å². The molecule has 2 aromatic carbocycles. The third-order valence-electron chi connectivity index (χ3n) is 5.09. The highest BCUT2D eigenvalue weighted by atomic mass is 16.5. The van der Waals surface area contributed by atoms with E-state index in [9.17, 15) is 9.59 Å². The van der Waals surface area contributed by atoms with Crippen molar-refractivity contribution in [3.05, 3.63) is 65.7 Å². The highest BCUT2D eigenvalue weighted by molar-refractivity contribution is 5.87. The van der Waals surface area contributed by atoms with Crippen molar-refractivity contribution in [2.45, 2.75) is 59.5 Å². The summed E-state index contributed by atoms with van der Waals surface area (Å²) in [5.74, 6) is 1.05. The number of carbonyl (C=O) groups is 2. The summed E-state index contributed by atoms with van der Waals surface area (Å²) in [5, 5.41) is 2.99. The standard InChI is InChI=1S/C26H36N2O3/c1-5-24(26(30)27-18-20(2)3)28(19-22-10-7-6-8-11-22)25(29)12-9-17-31-23-15-13-21(4)14-16-23/h6-8,10-11,13-16,20,24H,5,9,12,17-19H2,1-4H3,(H,27,30)/t24-/m0/s1. The lowest BCUT2D eigenvalue weighted by Gasteiger charge is -2.31. The molecule has 31 heavy (non-hydrogen) atoms. The molecule has 0 saturated carbocycles. The Labute approximate surface area is 186 Å². The van der Waals surface area contributed by atoms with Crippen LogP contribution < -0.4 is 10.1 Å². The van der Waals surface area contributed by atoms with Gasteiger partial charge in [-0.25, -0.2) is 0 Å². The summed E-state index contributed by atoms with van der Waals surface area (Å²) in [4.78, 5) is 27.7. The Bertz CT molecular complexity index is 803. The molecule has 1 atom stereocenters. The van der Waals surface area contributed by atoms with Crippen molar-refractivity contribution in [1.29, 1.82) is 0 Å². The third-order valence-corrected chi connectivity index (χ3v) is 5.09. The van der Waals surface area contributed by atoms with Crippen LogP contribution in [-0.4, -0.2) is 35.9 Å². The number of amides is 2. The number of hydrogen-bond donors (Lipinski definition) is 1. The van der Waals surface area contributed by atoms with Crippen LogP contribution in [-0.2, 0) is 16.1 Å². The first-order valence-electron chi connectivity index (χ1n) is 11.2. The molecule has 0 aliphatic heterocycles. The number of ether oxygens (including phenoxy) is 1. The van der Waals surface area contributed by atoms with Crippen molar-refractivity contribution in [3.63, 3.8) is 0 Å². The molecule has 5 nitrogen and oxygen atoms in total. The van der Waals surface area contributed by atoms with Gasteiger partial charge in [-0.15, -0.1) is 0 Å². The summed E-state index contributed by atoms with van der Waals surface area (Å²) in [6, 6.07) is 17.2. The Hall–Kier alpha value is -2.82. The topological polar surface area (TPSA) is 58.6 Å². The third kappa shape index (κ3) is 8.44. The fourth-order valence-corrected chi connectivity index (χ4v) is 3.31. The van der Waals surface area contributed by atoms with E-state index >= 15 is 0 Å². The molecule has 168 valence electrons. The minimum absolute atomic E-state index is 0.0251. The first-order valence-corrected chi connectivity index (χ1v) is 11.2. The smallest absolute Gasteiger partial charge is 0.242 e. The second-order valence-electron chi connectivity index (χ2n) is 8.34. The van der Waals surface area contributed by atoms with Crippen molar-refractivity contribution < 1.29 is 14.3 Å². The molecule has 0 aliphatic rings. The first-order chi connectivity index (χ1) is 14.9. The van der Waals surface area contributed by atoms with E-state index in [-0.39, 0.29) is 11.8 Å². The van der Waals surface area contributed by atoms with Gasteiger partial charge < -0.3 is 15.0 Å². The summed E-state index contributed by atoms with van der Waals surface area (Å²) in [5.41, 5.74) is 2.20. The number of nitrogens with one attached hydrogen (secondary N) is 1. The van der Waals surface area contributed by atoms with Gasteiger partial charge in [-0.05, 0) is 43.4 Å². The molecule has 1 N–H and O–H groups in total. The first kappa shape index (κ1) is 24.4. The van der Waals surface area contributed by atoms with Crippen LogP contribution in [0.4, 0.5) is 0 Å². The largest absolute Gasteiger partial charge is 0.494 e. The highest BCUT2D eigenvalue weighted by Gasteiger charge is 2.28. The Morgan fingerprint density at radius 1 is 1.03 bits per heavy atom. The fourth-order valence-electron chi connectivity index (χ4n) is 3.31. The van der Waals surface area contributed by atoms with Gasteiger partial charge in [0.2, 0.25) is 11.8 Å². The van der Waals surface area contributed by atoms with E-state index in [1.54, 1.807) is 4.90 Å². The van der Waals surface area contributed by atoms with Crippen molar-refractivity contribution in [2.75, 3.05) is 13.2 Å². The van der Waals surface area contributed by atoms with Crippen LogP contribution in [0.3, 0.4) is 0 Å². The number of hydrogen-bond acceptors (Lipinski definition) is 3. The van der Waals surface area contributed by atoms with Crippen LogP contribution in [0.15, 0.2) is 54.6 Å². The van der Waals surface area contributed by atoms with E-state index < -0.39 is 6.04 Å². The predicted molar refractivity (Wildman–Crippen MR) is 125 cm³/mol. The Morgan fingerprint density at radius 3 is 2.32 bits per heavy atom. The van der Waals surface area contributed by atoms with Gasteiger partial charge >= 0.3 is 0 Å². The highest BCUT2D eigenvalue weighted by Crippen LogP contribution is 2.16. The zero-order chi connectivity index (χ0) is 22.6. The summed E-state index contributed by atoms with van der Waals surface area (Å²) < 4.78 is 5.76. The predicted octanol–water partition coefficient (Wildman–Crippen LogP) is 4.73. The van der Waals surface area contributed by atoms with Crippen molar-refractivity contribution in [1.82, 2.24) is 10.2 Å². The second kappa shape index (κ2) is 12.8. The summed E-state index contributed by atoms with van der Waals surface area (Å²) >= 11 is 0. The van der Waals surface area contributed by atoms with Gasteiger partial charge in [-0.1, -0.05) is 68.8 Å². The quantitative estimate of drug-likeness (QED) is 0.501. The molecule has 0 saturated heterocycles. The maximum atomic E-state index is 13.1. The Balaban J connectivity index is 2.00. The minimum Gasteiger partial charge on any atom is -0.494 e. The van der Waals surface area contributed by atoms with Gasteiger partial charge in [-0.3, -0.25) is 9.59 Å². The number of aryl methyl sites for hydroxylation is 1. The molecule has 5 heteroatoms. The Morgan fingerprint density at radius 2 is 1.71 bits per heavy atom. The van der Waals surface area contributed by atoms with Gasteiger partial charge in [-0.2, -0.15) is 0 Å². The maximum absolute atomic E-state index is 13.1. The minimum atomic E-state index is -0.482. The lowest BCUT2D eigenvalue weighted by atomic mass is 10.1. The van der Waals surface area contributed by atoms with Crippen LogP contribution >= 0.6 is 0 Å². The van der Waals surface area contributed by atoms with E-state index in [1.807, 2.05) is 68.4 Å². The number of nitrogens with zero attached hydrogens (tertiary/aromatic N) is 1. The zero-order valence-corrected chi connectivity index (χ0v) is 19.3. The van der Waals surface area contributed by atoms with Gasteiger partial charge in [0.15, 0.2) is 0 Å². The molecule has 0 aromatic heterocycles. The van der Waals surface area contributed by atoms with Crippen LogP contribution in [0, 0.1) is 12.8 Å². The molecule has 0 spiro atoms. The molecule has 2 aromatic rings. The molecule has 2 rings (SSSR count). The van der Waals surface area contributed by atoms with E-state index in [4.69, 9.17) is 4.74 Å². The van der Waals surface area contributed by atoms with Crippen molar-refractivity contribution in [2.24, 2.45) is 5.92 Å². The zero-order valence-electron chi connectivity index (χ0n) is 19.3. The summed E-state index contributed by atoms with van der Waals surface area (Å²) in [6.07, 6.45) is 1.51. The SMILES string of the molecule is CC[C@@H](C(=O)NCC(C)C)N(Cc1ccccc1)C(=O)CCCOc1ccc(C)cc1. The Kier molecular flexibility index (Phi) is 10.1. The summed E-state index contributed by atoms with van der Waals surface area (Å²) in [7, 11) is 0. The van der Waals surface area contributed by atoms with Gasteiger partial charge in [0.25, 0.3) is 0 Å².